The predicted octanol–water partition coefficient (Wildman–Crippen LogP) is 0.802. The third kappa shape index (κ3) is 3.18. The zero-order valence-corrected chi connectivity index (χ0v) is 16.3. The number of carbonyl (C=O) groups excluding carboxylic acids is 2. The van der Waals surface area contributed by atoms with E-state index >= 15 is 0 Å². The molecule has 3 heterocycles. The van der Waals surface area contributed by atoms with E-state index in [-0.39, 0.29) is 11.4 Å². The molecule has 2 N–H and O–H groups in total. The molecule has 0 bridgehead atoms. The van der Waals surface area contributed by atoms with Gasteiger partial charge in [0.05, 0.1) is 5.56 Å². The predicted molar refractivity (Wildman–Crippen MR) is 104 cm³/mol. The van der Waals surface area contributed by atoms with E-state index in [4.69, 9.17) is 10.7 Å². The maximum atomic E-state index is 12.2. The highest BCUT2D eigenvalue weighted by atomic mass is 16.2. The van der Waals surface area contributed by atoms with Crippen molar-refractivity contribution in [2.24, 2.45) is 5.73 Å². The number of carbonyl (C=O) groups is 2. The van der Waals surface area contributed by atoms with Crippen LogP contribution in [-0.4, -0.2) is 72.4 Å². The number of hydrogen-bond acceptors (Lipinski definition) is 5. The Balaban J connectivity index is 1.67. The Morgan fingerprint density at radius 2 is 1.96 bits per heavy atom. The van der Waals surface area contributed by atoms with E-state index in [9.17, 15) is 9.59 Å². The molecular weight excluding hydrogens is 342 g/mol. The van der Waals surface area contributed by atoms with E-state index < -0.39 is 5.91 Å². The van der Waals surface area contributed by atoms with Crippen LogP contribution >= 0.6 is 0 Å². The summed E-state index contributed by atoms with van der Waals surface area (Å²) >= 11 is 0. The van der Waals surface area contributed by atoms with Crippen LogP contribution < -0.4 is 10.6 Å². The second-order valence-electron chi connectivity index (χ2n) is 8.32. The molecule has 1 spiro atoms. The van der Waals surface area contributed by atoms with Crippen molar-refractivity contribution in [3.8, 4) is 0 Å². The smallest absolute Gasteiger partial charge is 0.252 e. The van der Waals surface area contributed by atoms with Gasteiger partial charge < -0.3 is 15.5 Å². The molecule has 1 aliphatic carbocycles. The lowest BCUT2D eigenvalue weighted by atomic mass is 9.86. The van der Waals surface area contributed by atoms with Crippen molar-refractivity contribution in [1.29, 1.82) is 0 Å². The summed E-state index contributed by atoms with van der Waals surface area (Å²) in [6.07, 6.45) is 5.36. The van der Waals surface area contributed by atoms with E-state index in [0.717, 1.165) is 75.4 Å². The van der Waals surface area contributed by atoms with Crippen molar-refractivity contribution < 1.29 is 9.59 Å². The lowest BCUT2D eigenvalue weighted by Gasteiger charge is -2.50. The third-order valence-electron chi connectivity index (χ3n) is 6.74. The second-order valence-corrected chi connectivity index (χ2v) is 8.32. The average Bonchev–Trinajstić information content (AvgIpc) is 3.07. The molecule has 0 radical (unpaired) electrons. The SMILES string of the molecule is CN1CC[C@@]2(CCC1=O)CN(c1nc3c(cc1C(N)=O)CCC3)CCN2C. The maximum Gasteiger partial charge on any atom is 0.252 e. The largest absolute Gasteiger partial charge is 0.365 e. The Morgan fingerprint density at radius 1 is 1.15 bits per heavy atom. The Kier molecular flexibility index (Phi) is 4.58. The lowest BCUT2D eigenvalue weighted by molar-refractivity contribution is -0.129. The van der Waals surface area contributed by atoms with Crippen LogP contribution in [0.25, 0.3) is 0 Å². The van der Waals surface area contributed by atoms with Gasteiger partial charge in [0.2, 0.25) is 5.91 Å². The fourth-order valence-corrected chi connectivity index (χ4v) is 4.82. The van der Waals surface area contributed by atoms with E-state index in [2.05, 4.69) is 16.8 Å². The van der Waals surface area contributed by atoms with Crippen LogP contribution in [0.5, 0.6) is 0 Å². The first-order valence-electron chi connectivity index (χ1n) is 9.92. The molecule has 2 saturated heterocycles. The molecule has 2 amide bonds. The minimum Gasteiger partial charge on any atom is -0.365 e. The normalized spacial score (nSPS) is 26.4. The molecule has 146 valence electrons. The molecule has 1 aromatic rings. The molecule has 2 fully saturated rings. The number of aryl methyl sites for hydroxylation is 2. The topological polar surface area (TPSA) is 82.8 Å². The average molecular weight is 371 g/mol. The highest BCUT2D eigenvalue weighted by Crippen LogP contribution is 2.35. The molecule has 0 unspecified atom stereocenters. The van der Waals surface area contributed by atoms with Gasteiger partial charge in [-0.3, -0.25) is 14.5 Å². The van der Waals surface area contributed by atoms with Crippen molar-refractivity contribution in [1.82, 2.24) is 14.8 Å². The van der Waals surface area contributed by atoms with Gasteiger partial charge in [0, 0.05) is 50.9 Å². The summed E-state index contributed by atoms with van der Waals surface area (Å²) in [4.78, 5) is 35.7. The number of likely N-dealkylation sites (tertiary alicyclic amines) is 1. The number of primary amides is 1. The van der Waals surface area contributed by atoms with Gasteiger partial charge in [-0.15, -0.1) is 0 Å². The minimum absolute atomic E-state index is 0.0751. The van der Waals surface area contributed by atoms with Crippen molar-refractivity contribution >= 4 is 17.6 Å². The number of nitrogens with zero attached hydrogens (tertiary/aromatic N) is 4. The molecule has 27 heavy (non-hydrogen) atoms. The summed E-state index contributed by atoms with van der Waals surface area (Å²) in [6, 6.07) is 1.96. The van der Waals surface area contributed by atoms with Crippen molar-refractivity contribution in [3.63, 3.8) is 0 Å². The van der Waals surface area contributed by atoms with Crippen LogP contribution in [0.2, 0.25) is 0 Å². The summed E-state index contributed by atoms with van der Waals surface area (Å²) in [5.74, 6) is 0.543. The Morgan fingerprint density at radius 3 is 2.74 bits per heavy atom. The number of likely N-dealkylation sites (N-methyl/N-ethyl adjacent to an activating group) is 1. The Hall–Kier alpha value is -2.15. The highest BCUT2D eigenvalue weighted by molar-refractivity contribution is 5.98. The quantitative estimate of drug-likeness (QED) is 0.832. The van der Waals surface area contributed by atoms with Crippen LogP contribution in [0, 0.1) is 0 Å². The van der Waals surface area contributed by atoms with Crippen molar-refractivity contribution in [2.45, 2.75) is 44.1 Å². The number of rotatable bonds is 2. The van der Waals surface area contributed by atoms with Gasteiger partial charge in [0.15, 0.2) is 0 Å². The van der Waals surface area contributed by atoms with Gasteiger partial charge in [0.1, 0.15) is 5.82 Å². The molecule has 0 aromatic carbocycles. The van der Waals surface area contributed by atoms with Crippen molar-refractivity contribution in [3.05, 3.63) is 22.9 Å². The van der Waals surface area contributed by atoms with Crippen molar-refractivity contribution in [2.75, 3.05) is 45.2 Å². The van der Waals surface area contributed by atoms with E-state index in [1.165, 1.54) is 0 Å². The first-order chi connectivity index (χ1) is 12.9. The molecule has 1 aromatic heterocycles. The molecule has 7 heteroatoms. The standard InChI is InChI=1S/C20H29N5O2/c1-23-9-8-20(7-6-17(23)26)13-25(11-10-24(20)2)19-15(18(21)27)12-14-4-3-5-16(14)22-19/h12H,3-11,13H2,1-2H3,(H2,21,27)/t20-/m0/s1. The van der Waals surface area contributed by atoms with E-state index in [0.29, 0.717) is 12.0 Å². The summed E-state index contributed by atoms with van der Waals surface area (Å²) in [7, 11) is 4.04. The monoisotopic (exact) mass is 371 g/mol. The van der Waals surface area contributed by atoms with Crippen LogP contribution in [-0.2, 0) is 17.6 Å². The first-order valence-corrected chi connectivity index (χ1v) is 9.92. The molecule has 1 atom stereocenters. The number of anilines is 1. The third-order valence-corrected chi connectivity index (χ3v) is 6.74. The molecule has 4 rings (SSSR count). The van der Waals surface area contributed by atoms with E-state index in [1.54, 1.807) is 0 Å². The Bertz CT molecular complexity index is 780. The minimum atomic E-state index is -0.407. The first kappa shape index (κ1) is 18.2. The zero-order valence-electron chi connectivity index (χ0n) is 16.3. The van der Waals surface area contributed by atoms with Crippen LogP contribution in [0.4, 0.5) is 5.82 Å². The molecule has 0 saturated carbocycles. The summed E-state index contributed by atoms with van der Waals surface area (Å²) in [5.41, 5.74) is 8.45. The van der Waals surface area contributed by atoms with Crippen LogP contribution in [0.3, 0.4) is 0 Å². The number of nitrogens with two attached hydrogens (primary N) is 1. The van der Waals surface area contributed by atoms with Gasteiger partial charge >= 0.3 is 0 Å². The fraction of sp³-hybridized carbons (Fsp3) is 0.650. The number of aromatic nitrogens is 1. The molecule has 7 nitrogen and oxygen atoms in total. The van der Waals surface area contributed by atoms with Gasteiger partial charge in [-0.2, -0.15) is 0 Å². The second kappa shape index (κ2) is 6.78. The summed E-state index contributed by atoms with van der Waals surface area (Å²) in [5, 5.41) is 0. The highest BCUT2D eigenvalue weighted by Gasteiger charge is 2.42. The number of fused-ring (bicyclic) bond motifs is 1. The van der Waals surface area contributed by atoms with Gasteiger partial charge in [-0.25, -0.2) is 4.98 Å². The van der Waals surface area contributed by atoms with E-state index in [1.807, 2.05) is 18.0 Å². The summed E-state index contributed by atoms with van der Waals surface area (Å²) in [6.45, 7) is 3.23. The number of pyridine rings is 1. The number of hydrogen-bond donors (Lipinski definition) is 1. The molecular formula is C20H29N5O2. The van der Waals surface area contributed by atoms with Gasteiger partial charge in [0.25, 0.3) is 5.91 Å². The Labute approximate surface area is 160 Å². The van der Waals surface area contributed by atoms with Gasteiger partial charge in [-0.1, -0.05) is 0 Å². The fourth-order valence-electron chi connectivity index (χ4n) is 4.82. The summed E-state index contributed by atoms with van der Waals surface area (Å²) < 4.78 is 0. The maximum absolute atomic E-state index is 12.2. The molecule has 3 aliphatic rings. The molecule has 2 aliphatic heterocycles. The number of amides is 2. The zero-order chi connectivity index (χ0) is 19.2. The number of piperazine rings is 1. The lowest BCUT2D eigenvalue weighted by Crippen LogP contribution is -2.61. The van der Waals surface area contributed by atoms with Gasteiger partial charge in [-0.05, 0) is 50.8 Å². The van der Waals surface area contributed by atoms with Crippen LogP contribution in [0.1, 0.15) is 47.3 Å². The van der Waals surface area contributed by atoms with Crippen LogP contribution in [0.15, 0.2) is 6.07 Å².